The second-order valence-electron chi connectivity index (χ2n) is 4.55. The van der Waals surface area contributed by atoms with Crippen molar-refractivity contribution in [3.05, 3.63) is 34.1 Å². The molecule has 0 radical (unpaired) electrons. The largest absolute Gasteiger partial charge is 0.384 e. The first-order chi connectivity index (χ1) is 8.41. The van der Waals surface area contributed by atoms with Crippen LogP contribution in [-0.4, -0.2) is 9.78 Å². The molecule has 1 aromatic heterocycles. The zero-order valence-corrected chi connectivity index (χ0v) is 12.1. The van der Waals surface area contributed by atoms with E-state index in [-0.39, 0.29) is 11.7 Å². The van der Waals surface area contributed by atoms with Crippen LogP contribution in [0.5, 0.6) is 0 Å². The minimum absolute atomic E-state index is 0.255. The van der Waals surface area contributed by atoms with Crippen molar-refractivity contribution in [1.29, 1.82) is 0 Å². The van der Waals surface area contributed by atoms with Gasteiger partial charge in [0.1, 0.15) is 11.6 Å². The average Bonchev–Trinajstić information content (AvgIpc) is 2.55. The summed E-state index contributed by atoms with van der Waals surface area (Å²) in [5.41, 5.74) is 8.68. The third-order valence-electron chi connectivity index (χ3n) is 2.89. The molecule has 0 bridgehead atoms. The first-order valence-electron chi connectivity index (χ1n) is 5.69. The number of aromatic nitrogens is 2. The van der Waals surface area contributed by atoms with E-state index in [1.54, 1.807) is 10.7 Å². The van der Waals surface area contributed by atoms with Gasteiger partial charge in [-0.1, -0.05) is 13.8 Å². The smallest absolute Gasteiger partial charge is 0.125 e. The monoisotopic (exact) mass is 311 g/mol. The molecular weight excluding hydrogens is 297 g/mol. The maximum Gasteiger partial charge on any atom is 0.125 e. The summed E-state index contributed by atoms with van der Waals surface area (Å²) in [4.78, 5) is 0. The van der Waals surface area contributed by atoms with Gasteiger partial charge < -0.3 is 5.73 Å². The zero-order valence-electron chi connectivity index (χ0n) is 10.5. The van der Waals surface area contributed by atoms with Crippen molar-refractivity contribution in [1.82, 2.24) is 9.78 Å². The summed E-state index contributed by atoms with van der Waals surface area (Å²) in [6, 6.07) is 4.58. The van der Waals surface area contributed by atoms with Crippen molar-refractivity contribution >= 4 is 21.7 Å². The van der Waals surface area contributed by atoms with Crippen LogP contribution >= 0.6 is 15.9 Å². The topological polar surface area (TPSA) is 43.8 Å². The van der Waals surface area contributed by atoms with Gasteiger partial charge in [-0.3, -0.25) is 4.68 Å². The molecule has 0 atom stereocenters. The highest BCUT2D eigenvalue weighted by Crippen LogP contribution is 2.36. The predicted octanol–water partition coefficient (Wildman–Crippen LogP) is 3.69. The number of nitrogen functional groups attached to an aromatic ring is 1. The Balaban J connectivity index is 2.67. The number of halogens is 2. The van der Waals surface area contributed by atoms with Gasteiger partial charge in [0.2, 0.25) is 0 Å². The van der Waals surface area contributed by atoms with Gasteiger partial charge in [-0.25, -0.2) is 4.39 Å². The summed E-state index contributed by atoms with van der Waals surface area (Å²) in [6.07, 6.45) is 0. The fraction of sp³-hybridized carbons (Fsp3) is 0.308. The molecule has 2 rings (SSSR count). The van der Waals surface area contributed by atoms with Gasteiger partial charge in [0.15, 0.2) is 0 Å². The Labute approximate surface area is 114 Å². The van der Waals surface area contributed by atoms with E-state index in [1.807, 2.05) is 7.05 Å². The summed E-state index contributed by atoms with van der Waals surface area (Å²) in [7, 11) is 1.81. The summed E-state index contributed by atoms with van der Waals surface area (Å²) < 4.78 is 15.5. The maximum atomic E-state index is 13.1. The molecule has 0 fully saturated rings. The molecule has 0 aliphatic heterocycles. The lowest BCUT2D eigenvalue weighted by Crippen LogP contribution is -2.00. The van der Waals surface area contributed by atoms with E-state index in [0.717, 1.165) is 16.8 Å². The van der Waals surface area contributed by atoms with Gasteiger partial charge in [-0.2, -0.15) is 5.10 Å². The molecule has 1 heterocycles. The van der Waals surface area contributed by atoms with Gasteiger partial charge in [0.25, 0.3) is 0 Å². The molecule has 96 valence electrons. The highest BCUT2D eigenvalue weighted by atomic mass is 79.9. The van der Waals surface area contributed by atoms with E-state index < -0.39 is 0 Å². The molecule has 1 aromatic carbocycles. The van der Waals surface area contributed by atoms with E-state index in [4.69, 9.17) is 5.73 Å². The summed E-state index contributed by atoms with van der Waals surface area (Å²) >= 11 is 3.37. The standard InChI is InChI=1S/C13H15BrFN3/c1-7(2)11-12(17-18(3)13(11)16)9-5-4-8(15)6-10(9)14/h4-7H,16H2,1-3H3. The normalized spacial score (nSPS) is 11.2. The van der Waals surface area contributed by atoms with Crippen molar-refractivity contribution in [2.75, 3.05) is 5.73 Å². The number of nitrogens with two attached hydrogens (primary N) is 1. The fourth-order valence-electron chi connectivity index (χ4n) is 2.00. The molecule has 18 heavy (non-hydrogen) atoms. The first-order valence-corrected chi connectivity index (χ1v) is 6.49. The first kappa shape index (κ1) is 13.1. The Morgan fingerprint density at radius 1 is 1.39 bits per heavy atom. The van der Waals surface area contributed by atoms with Crippen LogP contribution in [-0.2, 0) is 7.05 Å². The van der Waals surface area contributed by atoms with Gasteiger partial charge in [-0.05, 0) is 40.0 Å². The van der Waals surface area contributed by atoms with Gasteiger partial charge >= 0.3 is 0 Å². The lowest BCUT2D eigenvalue weighted by Gasteiger charge is -2.08. The second kappa shape index (κ2) is 4.72. The van der Waals surface area contributed by atoms with Crippen LogP contribution in [0.1, 0.15) is 25.3 Å². The molecule has 2 aromatic rings. The van der Waals surface area contributed by atoms with Crippen LogP contribution < -0.4 is 5.73 Å². The molecule has 0 saturated carbocycles. The number of rotatable bonds is 2. The number of hydrogen-bond donors (Lipinski definition) is 1. The molecule has 0 amide bonds. The molecule has 0 aliphatic rings. The van der Waals surface area contributed by atoms with Crippen LogP contribution in [0.4, 0.5) is 10.2 Å². The number of nitrogens with zero attached hydrogens (tertiary/aromatic N) is 2. The van der Waals surface area contributed by atoms with Gasteiger partial charge in [0.05, 0.1) is 5.69 Å². The van der Waals surface area contributed by atoms with Crippen molar-refractivity contribution in [2.45, 2.75) is 19.8 Å². The van der Waals surface area contributed by atoms with Crippen molar-refractivity contribution in [3.63, 3.8) is 0 Å². The lowest BCUT2D eigenvalue weighted by atomic mass is 9.99. The average molecular weight is 312 g/mol. The lowest BCUT2D eigenvalue weighted by molar-refractivity contribution is 0.627. The third kappa shape index (κ3) is 2.14. The van der Waals surface area contributed by atoms with Crippen LogP contribution in [0.2, 0.25) is 0 Å². The minimum atomic E-state index is -0.277. The Hall–Kier alpha value is -1.36. The van der Waals surface area contributed by atoms with Crippen molar-refractivity contribution in [3.8, 4) is 11.3 Å². The number of benzene rings is 1. The third-order valence-corrected chi connectivity index (χ3v) is 3.55. The highest BCUT2D eigenvalue weighted by molar-refractivity contribution is 9.10. The molecule has 0 unspecified atom stereocenters. The van der Waals surface area contributed by atoms with E-state index in [1.165, 1.54) is 12.1 Å². The Kier molecular flexibility index (Phi) is 3.43. The van der Waals surface area contributed by atoms with Gasteiger partial charge in [0, 0.05) is 22.6 Å². The van der Waals surface area contributed by atoms with Gasteiger partial charge in [-0.15, -0.1) is 0 Å². The predicted molar refractivity (Wildman–Crippen MR) is 74.8 cm³/mol. The summed E-state index contributed by atoms with van der Waals surface area (Å²) in [5, 5.41) is 4.43. The second-order valence-corrected chi connectivity index (χ2v) is 5.40. The molecule has 3 nitrogen and oxygen atoms in total. The minimum Gasteiger partial charge on any atom is -0.384 e. The molecule has 0 spiro atoms. The number of hydrogen-bond acceptors (Lipinski definition) is 2. The Morgan fingerprint density at radius 3 is 2.61 bits per heavy atom. The Bertz CT molecular complexity index is 590. The molecular formula is C13H15BrFN3. The molecule has 0 saturated heterocycles. The molecule has 0 aliphatic carbocycles. The highest BCUT2D eigenvalue weighted by Gasteiger charge is 2.19. The number of anilines is 1. The zero-order chi connectivity index (χ0) is 13.4. The fourth-order valence-corrected chi connectivity index (χ4v) is 2.54. The van der Waals surface area contributed by atoms with E-state index in [9.17, 15) is 4.39 Å². The van der Waals surface area contributed by atoms with Crippen molar-refractivity contribution in [2.24, 2.45) is 7.05 Å². The van der Waals surface area contributed by atoms with Crippen LogP contribution in [0.15, 0.2) is 22.7 Å². The van der Waals surface area contributed by atoms with Crippen molar-refractivity contribution < 1.29 is 4.39 Å². The van der Waals surface area contributed by atoms with Crippen LogP contribution in [0, 0.1) is 5.82 Å². The van der Waals surface area contributed by atoms with E-state index in [0.29, 0.717) is 10.3 Å². The summed E-state index contributed by atoms with van der Waals surface area (Å²) in [6.45, 7) is 4.13. The van der Waals surface area contributed by atoms with E-state index >= 15 is 0 Å². The SMILES string of the molecule is CC(C)c1c(-c2ccc(F)cc2Br)nn(C)c1N. The molecule has 5 heteroatoms. The maximum absolute atomic E-state index is 13.1. The molecule has 2 N–H and O–H groups in total. The Morgan fingerprint density at radius 2 is 2.06 bits per heavy atom. The van der Waals surface area contributed by atoms with E-state index in [2.05, 4.69) is 34.9 Å². The van der Waals surface area contributed by atoms with Crippen LogP contribution in [0.3, 0.4) is 0 Å². The number of aryl methyl sites for hydroxylation is 1. The quantitative estimate of drug-likeness (QED) is 0.919. The van der Waals surface area contributed by atoms with Crippen LogP contribution in [0.25, 0.3) is 11.3 Å². The summed E-state index contributed by atoms with van der Waals surface area (Å²) in [5.74, 6) is 0.627.